The van der Waals surface area contributed by atoms with Crippen molar-refractivity contribution >= 4 is 11.7 Å². The predicted octanol–water partition coefficient (Wildman–Crippen LogP) is 4.60. The maximum atomic E-state index is 13.1. The van der Waals surface area contributed by atoms with Crippen molar-refractivity contribution in [1.82, 2.24) is 15.0 Å². The molecule has 7 nitrogen and oxygen atoms in total. The van der Waals surface area contributed by atoms with E-state index in [9.17, 15) is 9.18 Å². The van der Waals surface area contributed by atoms with Crippen LogP contribution in [0, 0.1) is 12.7 Å². The summed E-state index contributed by atoms with van der Waals surface area (Å²) in [6, 6.07) is 11.5. The molecule has 1 aromatic heterocycles. The monoisotopic (exact) mass is 410 g/mol. The van der Waals surface area contributed by atoms with Gasteiger partial charge in [0.1, 0.15) is 11.6 Å². The van der Waals surface area contributed by atoms with Gasteiger partial charge in [-0.05, 0) is 61.7 Å². The first-order valence-corrected chi connectivity index (χ1v) is 9.83. The molecule has 1 fully saturated rings. The summed E-state index contributed by atoms with van der Waals surface area (Å²) < 4.78 is 23.9. The number of nitrogens with one attached hydrogen (secondary N) is 1. The van der Waals surface area contributed by atoms with Gasteiger partial charge in [-0.2, -0.15) is 4.98 Å². The van der Waals surface area contributed by atoms with Gasteiger partial charge < -0.3 is 19.5 Å². The average Bonchev–Trinajstić information content (AvgIpc) is 3.25. The number of halogens is 1. The van der Waals surface area contributed by atoms with Gasteiger partial charge in [-0.15, -0.1) is 0 Å². The van der Waals surface area contributed by atoms with E-state index in [4.69, 9.17) is 9.26 Å². The van der Waals surface area contributed by atoms with Crippen molar-refractivity contribution in [3.63, 3.8) is 0 Å². The molecular formula is C22H23FN4O3. The lowest BCUT2D eigenvalue weighted by Crippen LogP contribution is -2.40. The van der Waals surface area contributed by atoms with Crippen LogP contribution < -0.4 is 10.1 Å². The summed E-state index contributed by atoms with van der Waals surface area (Å²) in [6.45, 7) is 3.13. The topological polar surface area (TPSA) is 80.5 Å². The summed E-state index contributed by atoms with van der Waals surface area (Å²) >= 11 is 0. The summed E-state index contributed by atoms with van der Waals surface area (Å²) in [5.74, 6) is 1.40. The molecule has 156 valence electrons. The van der Waals surface area contributed by atoms with Gasteiger partial charge in [-0.3, -0.25) is 0 Å². The Hall–Kier alpha value is -3.42. The molecule has 0 aliphatic carbocycles. The van der Waals surface area contributed by atoms with Crippen molar-refractivity contribution < 1.29 is 18.4 Å². The quantitative estimate of drug-likeness (QED) is 0.680. The van der Waals surface area contributed by atoms with E-state index in [0.29, 0.717) is 41.8 Å². The first-order valence-electron chi connectivity index (χ1n) is 9.83. The van der Waals surface area contributed by atoms with Crippen LogP contribution in [0.4, 0.5) is 14.9 Å². The molecule has 0 bridgehead atoms. The Morgan fingerprint density at radius 3 is 2.63 bits per heavy atom. The van der Waals surface area contributed by atoms with E-state index in [-0.39, 0.29) is 17.8 Å². The molecule has 1 saturated heterocycles. The van der Waals surface area contributed by atoms with Crippen LogP contribution in [0.2, 0.25) is 0 Å². The van der Waals surface area contributed by atoms with Crippen molar-refractivity contribution in [2.24, 2.45) is 0 Å². The van der Waals surface area contributed by atoms with Crippen LogP contribution >= 0.6 is 0 Å². The Bertz CT molecular complexity index is 1030. The lowest BCUT2D eigenvalue weighted by atomic mass is 9.97. The SMILES string of the molecule is COc1ccc(C)cc1NC(=O)N1CCC(c2nc(-c3ccc(F)cc3)no2)CC1. The normalized spacial score (nSPS) is 14.6. The number of anilines is 1. The van der Waals surface area contributed by atoms with Gasteiger partial charge in [-0.1, -0.05) is 11.2 Å². The highest BCUT2D eigenvalue weighted by molar-refractivity contribution is 5.91. The smallest absolute Gasteiger partial charge is 0.321 e. The summed E-state index contributed by atoms with van der Waals surface area (Å²) in [7, 11) is 1.58. The zero-order valence-electron chi connectivity index (χ0n) is 16.9. The second kappa shape index (κ2) is 8.52. The van der Waals surface area contributed by atoms with Crippen LogP contribution in [0.25, 0.3) is 11.4 Å². The number of benzene rings is 2. The fourth-order valence-corrected chi connectivity index (χ4v) is 3.56. The maximum absolute atomic E-state index is 13.1. The van der Waals surface area contributed by atoms with Crippen molar-refractivity contribution in [1.29, 1.82) is 0 Å². The van der Waals surface area contributed by atoms with Crippen LogP contribution in [-0.2, 0) is 0 Å². The summed E-state index contributed by atoms with van der Waals surface area (Å²) in [5.41, 5.74) is 2.40. The Kier molecular flexibility index (Phi) is 5.65. The minimum atomic E-state index is -0.309. The van der Waals surface area contributed by atoms with Crippen LogP contribution in [0.3, 0.4) is 0 Å². The number of aryl methyl sites for hydroxylation is 1. The van der Waals surface area contributed by atoms with Gasteiger partial charge in [0.05, 0.1) is 12.8 Å². The van der Waals surface area contributed by atoms with Crippen molar-refractivity contribution in [3.8, 4) is 17.1 Å². The van der Waals surface area contributed by atoms with Gasteiger partial charge in [0.25, 0.3) is 0 Å². The van der Waals surface area contributed by atoms with Gasteiger partial charge in [0.2, 0.25) is 11.7 Å². The number of methoxy groups -OCH3 is 1. The number of carbonyl (C=O) groups is 1. The lowest BCUT2D eigenvalue weighted by Gasteiger charge is -2.30. The highest BCUT2D eigenvalue weighted by Crippen LogP contribution is 2.30. The van der Waals surface area contributed by atoms with Gasteiger partial charge >= 0.3 is 6.03 Å². The zero-order chi connectivity index (χ0) is 21.1. The largest absolute Gasteiger partial charge is 0.495 e. The minimum absolute atomic E-state index is 0.0873. The fourth-order valence-electron chi connectivity index (χ4n) is 3.56. The van der Waals surface area contributed by atoms with Gasteiger partial charge in [0.15, 0.2) is 0 Å². The molecule has 0 saturated carbocycles. The third-order valence-corrected chi connectivity index (χ3v) is 5.27. The molecule has 1 aliphatic rings. The number of hydrogen-bond acceptors (Lipinski definition) is 5. The number of nitrogens with zero attached hydrogens (tertiary/aromatic N) is 3. The Labute approximate surface area is 173 Å². The molecule has 3 aromatic rings. The number of ether oxygens (including phenoxy) is 1. The number of rotatable bonds is 4. The molecule has 1 N–H and O–H groups in total. The molecule has 30 heavy (non-hydrogen) atoms. The molecular weight excluding hydrogens is 387 g/mol. The van der Waals surface area contributed by atoms with E-state index in [1.54, 1.807) is 24.1 Å². The first-order chi connectivity index (χ1) is 14.5. The molecule has 8 heteroatoms. The van der Waals surface area contributed by atoms with Crippen LogP contribution in [0.1, 0.15) is 30.2 Å². The number of piperidine rings is 1. The minimum Gasteiger partial charge on any atom is -0.495 e. The zero-order valence-corrected chi connectivity index (χ0v) is 16.9. The number of aromatic nitrogens is 2. The standard InChI is InChI=1S/C22H23FN4O3/c1-14-3-8-19(29-2)18(13-14)24-22(28)27-11-9-16(10-12-27)21-25-20(26-30-21)15-4-6-17(23)7-5-15/h3-8,13,16H,9-12H2,1-2H3,(H,24,28). The van der Waals surface area contributed by atoms with E-state index in [1.165, 1.54) is 12.1 Å². The van der Waals surface area contributed by atoms with Crippen LogP contribution in [0.5, 0.6) is 5.75 Å². The number of carbonyl (C=O) groups excluding carboxylic acids is 1. The lowest BCUT2D eigenvalue weighted by molar-refractivity contribution is 0.187. The fraction of sp³-hybridized carbons (Fsp3) is 0.318. The number of likely N-dealkylation sites (tertiary alicyclic amines) is 1. The molecule has 2 aromatic carbocycles. The van der Waals surface area contributed by atoms with Crippen LogP contribution in [0.15, 0.2) is 47.0 Å². The Morgan fingerprint density at radius 2 is 1.93 bits per heavy atom. The van der Waals surface area contributed by atoms with E-state index >= 15 is 0 Å². The highest BCUT2D eigenvalue weighted by atomic mass is 19.1. The molecule has 1 aliphatic heterocycles. The Balaban J connectivity index is 1.37. The highest BCUT2D eigenvalue weighted by Gasteiger charge is 2.28. The van der Waals surface area contributed by atoms with Gasteiger partial charge in [0, 0.05) is 24.6 Å². The molecule has 0 spiro atoms. The summed E-state index contributed by atoms with van der Waals surface area (Å²) in [6.07, 6.45) is 1.45. The predicted molar refractivity (Wildman–Crippen MR) is 110 cm³/mol. The summed E-state index contributed by atoms with van der Waals surface area (Å²) in [5, 5.41) is 6.95. The average molecular weight is 410 g/mol. The van der Waals surface area contributed by atoms with Crippen molar-refractivity contribution in [2.45, 2.75) is 25.7 Å². The van der Waals surface area contributed by atoms with Gasteiger partial charge in [-0.25, -0.2) is 9.18 Å². The van der Waals surface area contributed by atoms with E-state index in [1.807, 2.05) is 25.1 Å². The second-order valence-corrected chi connectivity index (χ2v) is 7.36. The van der Waals surface area contributed by atoms with Crippen molar-refractivity contribution in [2.75, 3.05) is 25.5 Å². The molecule has 2 heterocycles. The van der Waals surface area contributed by atoms with Crippen molar-refractivity contribution in [3.05, 3.63) is 59.7 Å². The second-order valence-electron chi connectivity index (χ2n) is 7.36. The molecule has 4 rings (SSSR count). The van der Waals surface area contributed by atoms with E-state index in [2.05, 4.69) is 15.5 Å². The molecule has 0 atom stereocenters. The summed E-state index contributed by atoms with van der Waals surface area (Å²) in [4.78, 5) is 18.9. The first kappa shape index (κ1) is 19.9. The maximum Gasteiger partial charge on any atom is 0.321 e. The number of hydrogen-bond donors (Lipinski definition) is 1. The third kappa shape index (κ3) is 4.27. The molecule has 0 unspecified atom stereocenters. The third-order valence-electron chi connectivity index (χ3n) is 5.27. The molecule has 0 radical (unpaired) electrons. The Morgan fingerprint density at radius 1 is 1.20 bits per heavy atom. The van der Waals surface area contributed by atoms with E-state index in [0.717, 1.165) is 18.4 Å². The number of urea groups is 1. The van der Waals surface area contributed by atoms with E-state index < -0.39 is 0 Å². The molecule has 2 amide bonds. The number of amides is 2. The van der Waals surface area contributed by atoms with Crippen LogP contribution in [-0.4, -0.2) is 41.3 Å².